The summed E-state index contributed by atoms with van der Waals surface area (Å²) < 4.78 is 0. The van der Waals surface area contributed by atoms with Crippen molar-refractivity contribution in [2.45, 2.75) is 5.41 Å². The lowest BCUT2D eigenvalue weighted by molar-refractivity contribution is 0.768. The van der Waals surface area contributed by atoms with Gasteiger partial charge in [0.2, 0.25) is 0 Å². The van der Waals surface area contributed by atoms with Crippen LogP contribution in [0.3, 0.4) is 0 Å². The van der Waals surface area contributed by atoms with Gasteiger partial charge < -0.3 is 5.32 Å². The highest BCUT2D eigenvalue weighted by molar-refractivity contribution is 6.36. The van der Waals surface area contributed by atoms with E-state index < -0.39 is 5.41 Å². The highest BCUT2D eigenvalue weighted by Crippen LogP contribution is 2.56. The third kappa shape index (κ3) is 6.97. The van der Waals surface area contributed by atoms with Crippen LogP contribution in [0.5, 0.6) is 0 Å². The van der Waals surface area contributed by atoms with E-state index >= 15 is 0 Å². The molecule has 320 valence electrons. The van der Waals surface area contributed by atoms with Crippen molar-refractivity contribution in [3.63, 3.8) is 0 Å². The fourth-order valence-corrected chi connectivity index (χ4v) is 10.1. The summed E-state index contributed by atoms with van der Waals surface area (Å²) in [6.07, 6.45) is 2.19. The van der Waals surface area contributed by atoms with Gasteiger partial charge in [-0.3, -0.25) is 5.41 Å². The minimum absolute atomic E-state index is 0.374. The molecule has 1 aliphatic heterocycles. The van der Waals surface area contributed by atoms with Gasteiger partial charge in [0, 0.05) is 39.1 Å². The molecule has 9 aromatic carbocycles. The number of allylic oxidation sites excluding steroid dienone is 1. The van der Waals surface area contributed by atoms with E-state index in [-0.39, 0.29) is 0 Å². The first kappa shape index (κ1) is 40.4. The maximum Gasteiger partial charge on any atom is 0.164 e. The Morgan fingerprint density at radius 3 is 1.53 bits per heavy atom. The van der Waals surface area contributed by atoms with E-state index in [0.717, 1.165) is 61.5 Å². The molecule has 2 aliphatic rings. The molecule has 12 rings (SSSR count). The SMILES string of the molecule is N=C(/C(=C1\NC(c2ccccc2)=Cc2ccccc21)c1ccccc1)c1cccc(-c2nc(-c3ccccc3)nc(-c3ccc4c(c3)C(c3ccccc3)(c3ccccc3)c3ccccc3-4)n2)c1. The van der Waals surface area contributed by atoms with Gasteiger partial charge >= 0.3 is 0 Å². The number of nitrogens with zero attached hydrogens (tertiary/aromatic N) is 3. The Morgan fingerprint density at radius 1 is 0.382 bits per heavy atom. The maximum absolute atomic E-state index is 10.1. The Morgan fingerprint density at radius 2 is 0.868 bits per heavy atom. The van der Waals surface area contributed by atoms with Crippen LogP contribution >= 0.6 is 0 Å². The lowest BCUT2D eigenvalue weighted by Crippen LogP contribution is -2.28. The van der Waals surface area contributed by atoms with Crippen LogP contribution in [0.4, 0.5) is 0 Å². The van der Waals surface area contributed by atoms with E-state index in [9.17, 15) is 5.41 Å². The zero-order valence-corrected chi connectivity index (χ0v) is 37.0. The Kier molecular flexibility index (Phi) is 10.1. The van der Waals surface area contributed by atoms with Gasteiger partial charge in [-0.1, -0.05) is 231 Å². The van der Waals surface area contributed by atoms with E-state index in [1.165, 1.54) is 33.4 Å². The van der Waals surface area contributed by atoms with Crippen molar-refractivity contribution in [2.24, 2.45) is 0 Å². The predicted molar refractivity (Wildman–Crippen MR) is 277 cm³/mol. The Bertz CT molecular complexity index is 3540. The fourth-order valence-electron chi connectivity index (χ4n) is 10.1. The molecule has 5 heteroatoms. The normalized spacial score (nSPS) is 13.9. The smallest absolute Gasteiger partial charge is 0.164 e. The molecule has 5 nitrogen and oxygen atoms in total. The van der Waals surface area contributed by atoms with Crippen LogP contribution in [0.25, 0.3) is 68.3 Å². The monoisotopic (exact) mass is 869 g/mol. The molecule has 0 unspecified atom stereocenters. The van der Waals surface area contributed by atoms with Crippen LogP contribution in [-0.2, 0) is 5.41 Å². The molecule has 0 saturated heterocycles. The summed E-state index contributed by atoms with van der Waals surface area (Å²) >= 11 is 0. The molecule has 2 heterocycles. The average molecular weight is 870 g/mol. The topological polar surface area (TPSA) is 74.6 Å². The van der Waals surface area contributed by atoms with Crippen molar-refractivity contribution in [2.75, 3.05) is 0 Å². The molecule has 0 spiro atoms. The Hall–Kier alpha value is -9.06. The van der Waals surface area contributed by atoms with Gasteiger partial charge in [0.1, 0.15) is 0 Å². The molecule has 2 N–H and O–H groups in total. The van der Waals surface area contributed by atoms with Crippen LogP contribution in [0.2, 0.25) is 0 Å². The summed E-state index contributed by atoms with van der Waals surface area (Å²) in [7, 11) is 0. The van der Waals surface area contributed by atoms with Gasteiger partial charge in [-0.25, -0.2) is 15.0 Å². The van der Waals surface area contributed by atoms with E-state index in [1.54, 1.807) is 0 Å². The molecule has 0 bridgehead atoms. The van der Waals surface area contributed by atoms with Crippen molar-refractivity contribution in [1.29, 1.82) is 5.41 Å². The number of fused-ring (bicyclic) bond motifs is 4. The molecular weight excluding hydrogens is 827 g/mol. The molecule has 0 fully saturated rings. The summed E-state index contributed by atoms with van der Waals surface area (Å²) in [5.74, 6) is 1.66. The minimum atomic E-state index is -0.576. The van der Waals surface area contributed by atoms with Crippen molar-refractivity contribution in [3.05, 3.63) is 293 Å². The second kappa shape index (κ2) is 17.1. The summed E-state index contributed by atoms with van der Waals surface area (Å²) in [6, 6.07) is 84.2. The molecule has 1 aromatic heterocycles. The number of nitrogens with one attached hydrogen (secondary N) is 2. The molecule has 10 aromatic rings. The van der Waals surface area contributed by atoms with Crippen molar-refractivity contribution in [1.82, 2.24) is 20.3 Å². The second-order valence-corrected chi connectivity index (χ2v) is 17.2. The first-order valence-electron chi connectivity index (χ1n) is 22.9. The first-order valence-corrected chi connectivity index (χ1v) is 22.9. The van der Waals surface area contributed by atoms with Gasteiger partial charge in [-0.15, -0.1) is 0 Å². The van der Waals surface area contributed by atoms with Gasteiger partial charge in [-0.05, 0) is 68.3 Å². The number of benzene rings is 9. The van der Waals surface area contributed by atoms with Crippen molar-refractivity contribution in [3.8, 4) is 45.3 Å². The highest BCUT2D eigenvalue weighted by atomic mass is 15.0. The largest absolute Gasteiger partial charge is 0.354 e. The van der Waals surface area contributed by atoms with E-state index in [2.05, 4.69) is 175 Å². The van der Waals surface area contributed by atoms with Crippen LogP contribution in [0.15, 0.2) is 243 Å². The van der Waals surface area contributed by atoms with E-state index in [4.69, 9.17) is 15.0 Å². The number of aromatic nitrogens is 3. The quantitative estimate of drug-likeness (QED) is 0.142. The Labute approximate surface area is 396 Å². The lowest BCUT2D eigenvalue weighted by Gasteiger charge is -2.34. The van der Waals surface area contributed by atoms with Crippen LogP contribution in [0.1, 0.15) is 50.1 Å². The first-order chi connectivity index (χ1) is 33.6. The van der Waals surface area contributed by atoms with Crippen LogP contribution < -0.4 is 5.32 Å². The van der Waals surface area contributed by atoms with Gasteiger partial charge in [0.25, 0.3) is 0 Å². The van der Waals surface area contributed by atoms with Gasteiger partial charge in [-0.2, -0.15) is 0 Å². The van der Waals surface area contributed by atoms with Crippen molar-refractivity contribution < 1.29 is 0 Å². The summed E-state index contributed by atoms with van der Waals surface area (Å²) in [6.45, 7) is 0. The summed E-state index contributed by atoms with van der Waals surface area (Å²) in [5.41, 5.74) is 17.1. The summed E-state index contributed by atoms with van der Waals surface area (Å²) in [4.78, 5) is 15.7. The molecule has 68 heavy (non-hydrogen) atoms. The number of rotatable bonds is 9. The second-order valence-electron chi connectivity index (χ2n) is 17.2. The van der Waals surface area contributed by atoms with Gasteiger partial charge in [0.15, 0.2) is 17.5 Å². The zero-order chi connectivity index (χ0) is 45.4. The van der Waals surface area contributed by atoms with E-state index in [0.29, 0.717) is 23.2 Å². The third-order valence-electron chi connectivity index (χ3n) is 13.2. The maximum atomic E-state index is 10.1. The zero-order valence-electron chi connectivity index (χ0n) is 37.0. The predicted octanol–water partition coefficient (Wildman–Crippen LogP) is 14.3. The van der Waals surface area contributed by atoms with Crippen molar-refractivity contribution >= 4 is 28.8 Å². The summed E-state index contributed by atoms with van der Waals surface area (Å²) in [5, 5.41) is 13.9. The van der Waals surface area contributed by atoms with E-state index in [1.807, 2.05) is 78.9 Å². The lowest BCUT2D eigenvalue weighted by atomic mass is 9.67. The molecular formula is C63H43N5. The fraction of sp³-hybridized carbons (Fsp3) is 0.0159. The molecule has 0 atom stereocenters. The Balaban J connectivity index is 1.02. The standard InChI is InChI=1S/C63H43N5/c64-58(57(43-23-8-2-9-24-43)59-51-34-17-16-27-45(51)41-56(65-59)42-21-6-1-7-22-42)46-28-20-29-47(39-46)61-66-60(44-25-10-3-11-26-44)67-62(68-61)48-37-38-53-52-35-18-19-36-54(52)63(55(53)40-48,49-30-12-4-13-31-49)50-32-14-5-15-33-50/h1-41,64-65H/b59-57-,64-58?. The average Bonchev–Trinajstić information content (AvgIpc) is 3.72. The number of hydrogen-bond donors (Lipinski definition) is 2. The van der Waals surface area contributed by atoms with Crippen LogP contribution in [0, 0.1) is 5.41 Å². The molecule has 0 radical (unpaired) electrons. The molecule has 0 saturated carbocycles. The molecule has 1 aliphatic carbocycles. The minimum Gasteiger partial charge on any atom is -0.354 e. The van der Waals surface area contributed by atoms with Gasteiger partial charge in [0.05, 0.1) is 16.8 Å². The number of hydrogen-bond acceptors (Lipinski definition) is 5. The van der Waals surface area contributed by atoms with Crippen LogP contribution in [-0.4, -0.2) is 20.7 Å². The third-order valence-corrected chi connectivity index (χ3v) is 13.2. The molecule has 0 amide bonds. The highest BCUT2D eigenvalue weighted by Gasteiger charge is 2.46.